The van der Waals surface area contributed by atoms with Gasteiger partial charge in [-0.1, -0.05) is 122 Å². The smallest absolute Gasteiger partial charge is 0.239 e. The molecule has 2 aromatic carbocycles. The van der Waals surface area contributed by atoms with Gasteiger partial charge in [0.2, 0.25) is 11.8 Å². The Hall–Kier alpha value is -3.10. The fraction of sp³-hybridized carbons (Fsp3) is 0.659. The molecule has 0 spiro atoms. The van der Waals surface area contributed by atoms with Gasteiger partial charge < -0.3 is 24.9 Å². The van der Waals surface area contributed by atoms with Crippen LogP contribution in [0.3, 0.4) is 0 Å². The molecule has 1 unspecified atom stereocenters. The zero-order valence-electron chi connectivity index (χ0n) is 30.8. The molecule has 0 saturated heterocycles. The lowest BCUT2D eigenvalue weighted by atomic mass is 10.0. The van der Waals surface area contributed by atoms with Gasteiger partial charge in [-0.15, -0.1) is 0 Å². The molecule has 274 valence electrons. The molecule has 0 aromatic heterocycles. The molecule has 3 rings (SSSR count). The number of amides is 2. The Bertz CT molecular complexity index is 1200. The standard InChI is InChI=1S/C41H65N3O5/c1-4-5-6-7-8-9-10-11-12-13-14-15-16-17-26-44(41(46)31-43-47)32-36-24-25-37(29-39(36)48-3)49-27-18-19-40(45)42-30-34-20-22-35(23-21-34)38-28-33(38)2/h20-25,29,33,38,43,47H,4-19,26-28,30-32H2,1-3H3,(H,42,45)/t33?,38-/m0/s1. The largest absolute Gasteiger partial charge is 0.496 e. The number of hydrogen-bond donors (Lipinski definition) is 3. The van der Waals surface area contributed by atoms with Crippen molar-refractivity contribution in [1.29, 1.82) is 0 Å². The molecule has 0 bridgehead atoms. The van der Waals surface area contributed by atoms with E-state index in [2.05, 4.69) is 43.4 Å². The highest BCUT2D eigenvalue weighted by atomic mass is 16.5. The highest BCUT2D eigenvalue weighted by Crippen LogP contribution is 2.46. The van der Waals surface area contributed by atoms with Crippen LogP contribution >= 0.6 is 0 Å². The van der Waals surface area contributed by atoms with Gasteiger partial charge in [0.15, 0.2) is 0 Å². The average molecular weight is 680 g/mol. The number of benzene rings is 2. The van der Waals surface area contributed by atoms with Crippen molar-refractivity contribution in [1.82, 2.24) is 15.7 Å². The quantitative estimate of drug-likeness (QED) is 0.0613. The molecular formula is C41H65N3O5. The molecule has 2 aromatic rings. The summed E-state index contributed by atoms with van der Waals surface area (Å²) in [5.41, 5.74) is 5.40. The number of methoxy groups -OCH3 is 1. The Kier molecular flexibility index (Phi) is 19.8. The molecule has 2 atom stereocenters. The lowest BCUT2D eigenvalue weighted by Crippen LogP contribution is -2.37. The summed E-state index contributed by atoms with van der Waals surface area (Å²) in [5.74, 6) is 2.66. The Morgan fingerprint density at radius 3 is 2.04 bits per heavy atom. The number of unbranched alkanes of at least 4 members (excludes halogenated alkanes) is 13. The van der Waals surface area contributed by atoms with E-state index >= 15 is 0 Å². The Balaban J connectivity index is 1.31. The molecule has 49 heavy (non-hydrogen) atoms. The first-order valence-electron chi connectivity index (χ1n) is 19.2. The first-order chi connectivity index (χ1) is 23.9. The lowest BCUT2D eigenvalue weighted by molar-refractivity contribution is -0.132. The normalized spacial score (nSPS) is 15.2. The van der Waals surface area contributed by atoms with Crippen LogP contribution in [0.25, 0.3) is 0 Å². The summed E-state index contributed by atoms with van der Waals surface area (Å²) in [4.78, 5) is 27.0. The van der Waals surface area contributed by atoms with E-state index in [1.165, 1.54) is 89.0 Å². The number of nitrogens with one attached hydrogen (secondary N) is 2. The summed E-state index contributed by atoms with van der Waals surface area (Å²) < 4.78 is 11.6. The highest BCUT2D eigenvalue weighted by molar-refractivity contribution is 5.78. The fourth-order valence-electron chi connectivity index (χ4n) is 6.50. The molecule has 3 N–H and O–H groups in total. The minimum absolute atomic E-state index is 0.0114. The zero-order valence-corrected chi connectivity index (χ0v) is 30.8. The van der Waals surface area contributed by atoms with E-state index in [-0.39, 0.29) is 18.4 Å². The monoisotopic (exact) mass is 679 g/mol. The van der Waals surface area contributed by atoms with E-state index in [0.717, 1.165) is 29.9 Å². The predicted molar refractivity (Wildman–Crippen MR) is 198 cm³/mol. The first-order valence-corrected chi connectivity index (χ1v) is 19.2. The van der Waals surface area contributed by atoms with E-state index in [4.69, 9.17) is 9.47 Å². The maximum absolute atomic E-state index is 12.8. The second kappa shape index (κ2) is 24.1. The van der Waals surface area contributed by atoms with Gasteiger partial charge >= 0.3 is 0 Å². The molecule has 2 amide bonds. The molecule has 8 nitrogen and oxygen atoms in total. The van der Waals surface area contributed by atoms with Crippen LogP contribution in [-0.4, -0.2) is 48.7 Å². The predicted octanol–water partition coefficient (Wildman–Crippen LogP) is 9.08. The molecule has 1 saturated carbocycles. The Labute approximate surface area is 296 Å². The lowest BCUT2D eigenvalue weighted by Gasteiger charge is -2.24. The van der Waals surface area contributed by atoms with Gasteiger partial charge in [0, 0.05) is 37.7 Å². The van der Waals surface area contributed by atoms with Gasteiger partial charge in [-0.05, 0) is 54.4 Å². The van der Waals surface area contributed by atoms with Crippen molar-refractivity contribution < 1.29 is 24.3 Å². The zero-order chi connectivity index (χ0) is 35.1. The average Bonchev–Trinajstić information content (AvgIpc) is 3.85. The van der Waals surface area contributed by atoms with Crippen molar-refractivity contribution in [2.24, 2.45) is 5.92 Å². The molecule has 0 radical (unpaired) electrons. The van der Waals surface area contributed by atoms with E-state index in [1.807, 2.05) is 23.7 Å². The number of rotatable bonds is 28. The summed E-state index contributed by atoms with van der Waals surface area (Å²) >= 11 is 0. The van der Waals surface area contributed by atoms with Crippen molar-refractivity contribution in [2.75, 3.05) is 26.8 Å². The van der Waals surface area contributed by atoms with Crippen LogP contribution in [0.2, 0.25) is 0 Å². The van der Waals surface area contributed by atoms with E-state index < -0.39 is 0 Å². The van der Waals surface area contributed by atoms with Crippen molar-refractivity contribution in [3.63, 3.8) is 0 Å². The molecule has 1 aliphatic rings. The van der Waals surface area contributed by atoms with Gasteiger partial charge in [0.1, 0.15) is 11.5 Å². The Morgan fingerprint density at radius 1 is 0.857 bits per heavy atom. The van der Waals surface area contributed by atoms with Gasteiger partial charge in [0.05, 0.1) is 20.3 Å². The molecule has 0 aliphatic heterocycles. The second-order valence-corrected chi connectivity index (χ2v) is 14.0. The van der Waals surface area contributed by atoms with Gasteiger partial charge in [-0.2, -0.15) is 5.48 Å². The van der Waals surface area contributed by atoms with E-state index in [0.29, 0.717) is 56.5 Å². The number of nitrogens with zero attached hydrogens (tertiary/aromatic N) is 1. The van der Waals surface area contributed by atoms with E-state index in [1.54, 1.807) is 12.0 Å². The van der Waals surface area contributed by atoms with Crippen molar-refractivity contribution in [2.45, 2.75) is 142 Å². The maximum Gasteiger partial charge on any atom is 0.239 e. The third-order valence-electron chi connectivity index (χ3n) is 9.81. The van der Waals surface area contributed by atoms with Crippen LogP contribution in [0.1, 0.15) is 146 Å². The SMILES string of the molecule is CCCCCCCCCCCCCCCCN(Cc1ccc(OCCCC(=O)NCc2ccc([C@H]3CC3C)cc2)cc1OC)C(=O)CNO. The van der Waals surface area contributed by atoms with Crippen LogP contribution in [0.5, 0.6) is 11.5 Å². The molecule has 1 fully saturated rings. The number of carbonyl (C=O) groups excluding carboxylic acids is 2. The minimum Gasteiger partial charge on any atom is -0.496 e. The number of hydroxylamine groups is 1. The second-order valence-electron chi connectivity index (χ2n) is 14.0. The van der Waals surface area contributed by atoms with Crippen LogP contribution in [0.15, 0.2) is 42.5 Å². The third kappa shape index (κ3) is 16.4. The van der Waals surface area contributed by atoms with Crippen LogP contribution in [-0.2, 0) is 22.7 Å². The molecular weight excluding hydrogens is 614 g/mol. The summed E-state index contributed by atoms with van der Waals surface area (Å²) in [6.45, 7) is 6.40. The Morgan fingerprint density at radius 2 is 1.47 bits per heavy atom. The van der Waals surface area contributed by atoms with Crippen molar-refractivity contribution in [3.05, 3.63) is 59.2 Å². The van der Waals surface area contributed by atoms with Crippen LogP contribution in [0, 0.1) is 5.92 Å². The number of hydrogen-bond acceptors (Lipinski definition) is 6. The maximum atomic E-state index is 12.8. The summed E-state index contributed by atoms with van der Waals surface area (Å²) in [7, 11) is 1.61. The fourth-order valence-corrected chi connectivity index (χ4v) is 6.50. The molecule has 0 heterocycles. The number of ether oxygens (including phenoxy) is 2. The molecule has 1 aliphatic carbocycles. The highest BCUT2D eigenvalue weighted by Gasteiger charge is 2.33. The van der Waals surface area contributed by atoms with Crippen LogP contribution in [0.4, 0.5) is 0 Å². The summed E-state index contributed by atoms with van der Waals surface area (Å²) in [5, 5.41) is 12.2. The first kappa shape index (κ1) is 40.3. The summed E-state index contributed by atoms with van der Waals surface area (Å²) in [6, 6.07) is 14.2. The van der Waals surface area contributed by atoms with Gasteiger partial charge in [0.25, 0.3) is 0 Å². The van der Waals surface area contributed by atoms with Crippen molar-refractivity contribution in [3.8, 4) is 11.5 Å². The number of carbonyl (C=O) groups is 2. The topological polar surface area (TPSA) is 100 Å². The van der Waals surface area contributed by atoms with Gasteiger partial charge in [-0.25, -0.2) is 0 Å². The van der Waals surface area contributed by atoms with E-state index in [9.17, 15) is 14.8 Å². The van der Waals surface area contributed by atoms with Crippen molar-refractivity contribution >= 4 is 11.8 Å². The van der Waals surface area contributed by atoms with Gasteiger partial charge in [-0.3, -0.25) is 9.59 Å². The molecule has 8 heteroatoms. The minimum atomic E-state index is -0.150. The third-order valence-corrected chi connectivity index (χ3v) is 9.81. The summed E-state index contributed by atoms with van der Waals surface area (Å²) in [6.07, 6.45) is 20.3. The van der Waals surface area contributed by atoms with Crippen LogP contribution < -0.4 is 20.3 Å².